The van der Waals surface area contributed by atoms with Crippen molar-refractivity contribution in [3.63, 3.8) is 0 Å². The molecule has 0 N–H and O–H groups in total. The summed E-state index contributed by atoms with van der Waals surface area (Å²) in [6, 6.07) is 20.1. The molecule has 25 heavy (non-hydrogen) atoms. The van der Waals surface area contributed by atoms with E-state index in [0.29, 0.717) is 11.6 Å². The average Bonchev–Trinajstić information content (AvgIpc) is 3.24. The van der Waals surface area contributed by atoms with Gasteiger partial charge in [-0.25, -0.2) is 9.79 Å². The normalized spacial score (nSPS) is 17.2. The summed E-state index contributed by atoms with van der Waals surface area (Å²) >= 11 is 0. The van der Waals surface area contributed by atoms with Crippen molar-refractivity contribution >= 4 is 28.7 Å². The zero-order valence-corrected chi connectivity index (χ0v) is 13.5. The van der Waals surface area contributed by atoms with Crippen LogP contribution in [0, 0.1) is 0 Å². The number of carbonyl (C=O) groups is 1. The fourth-order valence-corrected chi connectivity index (χ4v) is 3.68. The molecule has 0 amide bonds. The van der Waals surface area contributed by atoms with Crippen LogP contribution < -0.4 is 0 Å². The van der Waals surface area contributed by atoms with Crippen LogP contribution in [0.1, 0.15) is 22.3 Å². The summed E-state index contributed by atoms with van der Waals surface area (Å²) in [5, 5.41) is 2.59. The second-order valence-corrected chi connectivity index (χ2v) is 6.35. The molecule has 0 spiro atoms. The number of aliphatic imine (C=N–C) groups is 1. The molecule has 1 aliphatic carbocycles. The summed E-state index contributed by atoms with van der Waals surface area (Å²) in [4.78, 5) is 16.6. The number of nitrogens with zero attached hydrogens (tertiary/aromatic N) is 1. The first-order valence-corrected chi connectivity index (χ1v) is 8.41. The molecule has 0 atom stereocenters. The number of carbonyl (C=O) groups excluding carboxylic acids is 1. The van der Waals surface area contributed by atoms with Gasteiger partial charge in [0, 0.05) is 5.56 Å². The van der Waals surface area contributed by atoms with E-state index in [1.54, 1.807) is 0 Å². The van der Waals surface area contributed by atoms with E-state index in [4.69, 9.17) is 4.74 Å². The van der Waals surface area contributed by atoms with Crippen LogP contribution in [0.3, 0.4) is 0 Å². The molecule has 1 heterocycles. The summed E-state index contributed by atoms with van der Waals surface area (Å²) in [6.07, 6.45) is 3.91. The minimum absolute atomic E-state index is 0.360. The number of rotatable bonds is 2. The van der Waals surface area contributed by atoms with Gasteiger partial charge in [-0.05, 0) is 58.5 Å². The number of ether oxygens (including phenoxy) is 1. The molecule has 0 aromatic heterocycles. The van der Waals surface area contributed by atoms with E-state index >= 15 is 0 Å². The largest absolute Gasteiger partial charge is 0.402 e. The van der Waals surface area contributed by atoms with Crippen LogP contribution in [0.5, 0.6) is 0 Å². The molecule has 0 unspecified atom stereocenters. The smallest absolute Gasteiger partial charge is 0.363 e. The molecule has 0 saturated heterocycles. The van der Waals surface area contributed by atoms with Gasteiger partial charge in [-0.1, -0.05) is 48.5 Å². The monoisotopic (exact) mass is 325 g/mol. The van der Waals surface area contributed by atoms with E-state index in [0.717, 1.165) is 24.0 Å². The highest BCUT2D eigenvalue weighted by molar-refractivity contribution is 6.13. The van der Waals surface area contributed by atoms with Crippen molar-refractivity contribution in [2.24, 2.45) is 4.99 Å². The van der Waals surface area contributed by atoms with Crippen LogP contribution in [0.4, 0.5) is 0 Å². The zero-order chi connectivity index (χ0) is 16.8. The Morgan fingerprint density at radius 3 is 2.68 bits per heavy atom. The highest BCUT2D eigenvalue weighted by Crippen LogP contribution is 2.34. The Kier molecular flexibility index (Phi) is 3.07. The van der Waals surface area contributed by atoms with Crippen LogP contribution in [-0.4, -0.2) is 11.9 Å². The third kappa shape index (κ3) is 2.28. The van der Waals surface area contributed by atoms with Crippen molar-refractivity contribution < 1.29 is 9.53 Å². The molecule has 3 heteroatoms. The van der Waals surface area contributed by atoms with Gasteiger partial charge in [0.25, 0.3) is 0 Å². The molecule has 0 saturated carbocycles. The number of aryl methyl sites for hydroxylation is 2. The molecule has 0 radical (unpaired) electrons. The molecule has 0 bridgehead atoms. The Balaban J connectivity index is 1.61. The highest BCUT2D eigenvalue weighted by atomic mass is 16.6. The number of benzene rings is 3. The van der Waals surface area contributed by atoms with Crippen molar-refractivity contribution in [2.75, 3.05) is 0 Å². The van der Waals surface area contributed by atoms with Gasteiger partial charge in [-0.3, -0.25) is 0 Å². The Morgan fingerprint density at radius 2 is 1.80 bits per heavy atom. The van der Waals surface area contributed by atoms with Crippen LogP contribution >= 0.6 is 0 Å². The predicted molar refractivity (Wildman–Crippen MR) is 98.4 cm³/mol. The van der Waals surface area contributed by atoms with Gasteiger partial charge in [0.2, 0.25) is 5.90 Å². The van der Waals surface area contributed by atoms with E-state index in [9.17, 15) is 4.79 Å². The average molecular weight is 325 g/mol. The Morgan fingerprint density at radius 1 is 0.920 bits per heavy atom. The lowest BCUT2D eigenvalue weighted by Gasteiger charge is -2.05. The Bertz CT molecular complexity index is 1080. The van der Waals surface area contributed by atoms with Gasteiger partial charge in [0.1, 0.15) is 0 Å². The van der Waals surface area contributed by atoms with Gasteiger partial charge in [0.15, 0.2) is 5.70 Å². The maximum Gasteiger partial charge on any atom is 0.363 e. The molecule has 1 aliphatic heterocycles. The van der Waals surface area contributed by atoms with Crippen LogP contribution in [0.2, 0.25) is 0 Å². The van der Waals surface area contributed by atoms with Crippen molar-refractivity contribution in [3.8, 4) is 0 Å². The fraction of sp³-hybridized carbons (Fsp3) is 0.0909. The van der Waals surface area contributed by atoms with Gasteiger partial charge >= 0.3 is 5.97 Å². The van der Waals surface area contributed by atoms with E-state index in [-0.39, 0.29) is 0 Å². The molecule has 3 aromatic rings. The Labute approximate surface area is 145 Å². The quantitative estimate of drug-likeness (QED) is 0.521. The summed E-state index contributed by atoms with van der Waals surface area (Å²) in [5.41, 5.74) is 4.91. The molecule has 3 nitrogen and oxygen atoms in total. The molecule has 5 rings (SSSR count). The van der Waals surface area contributed by atoms with Crippen molar-refractivity contribution in [3.05, 3.63) is 88.6 Å². The lowest BCUT2D eigenvalue weighted by atomic mass is 9.99. The van der Waals surface area contributed by atoms with Gasteiger partial charge in [-0.15, -0.1) is 0 Å². The topological polar surface area (TPSA) is 38.7 Å². The molecule has 3 aromatic carbocycles. The highest BCUT2D eigenvalue weighted by Gasteiger charge is 2.25. The van der Waals surface area contributed by atoms with E-state index < -0.39 is 5.97 Å². The van der Waals surface area contributed by atoms with Gasteiger partial charge in [0.05, 0.1) is 0 Å². The van der Waals surface area contributed by atoms with Crippen LogP contribution in [-0.2, 0) is 22.4 Å². The number of cyclic esters (lactones) is 1. The van der Waals surface area contributed by atoms with Gasteiger partial charge in [-0.2, -0.15) is 0 Å². The van der Waals surface area contributed by atoms with Crippen molar-refractivity contribution in [1.29, 1.82) is 0 Å². The number of esters is 1. The zero-order valence-electron chi connectivity index (χ0n) is 13.5. The summed E-state index contributed by atoms with van der Waals surface area (Å²) in [6.45, 7) is 0. The Hall–Kier alpha value is -3.20. The third-order valence-electron chi connectivity index (χ3n) is 4.85. The lowest BCUT2D eigenvalue weighted by Crippen LogP contribution is -2.05. The van der Waals surface area contributed by atoms with Crippen molar-refractivity contribution in [1.82, 2.24) is 0 Å². The number of hydrogen-bond acceptors (Lipinski definition) is 3. The number of hydrogen-bond donors (Lipinski definition) is 0. The summed E-state index contributed by atoms with van der Waals surface area (Å²) < 4.78 is 5.35. The fourth-order valence-electron chi connectivity index (χ4n) is 3.68. The maximum atomic E-state index is 12.2. The molecule has 0 fully saturated rings. The minimum atomic E-state index is -0.391. The van der Waals surface area contributed by atoms with Crippen molar-refractivity contribution in [2.45, 2.75) is 12.8 Å². The third-order valence-corrected chi connectivity index (χ3v) is 4.85. The first-order chi connectivity index (χ1) is 12.3. The second-order valence-electron chi connectivity index (χ2n) is 6.35. The van der Waals surface area contributed by atoms with Crippen LogP contribution in [0.25, 0.3) is 16.8 Å². The maximum absolute atomic E-state index is 12.2. The predicted octanol–water partition coefficient (Wildman–Crippen LogP) is 4.28. The summed E-state index contributed by atoms with van der Waals surface area (Å²) in [7, 11) is 0. The second kappa shape index (κ2) is 5.42. The molecule has 120 valence electrons. The molecular weight excluding hydrogens is 310 g/mol. The molecule has 2 aliphatic rings. The summed E-state index contributed by atoms with van der Waals surface area (Å²) in [5.74, 6) is -0.0211. The lowest BCUT2D eigenvalue weighted by molar-refractivity contribution is -0.129. The van der Waals surface area contributed by atoms with E-state index in [1.807, 2.05) is 36.4 Å². The van der Waals surface area contributed by atoms with Gasteiger partial charge < -0.3 is 4.74 Å². The first kappa shape index (κ1) is 14.2. The first-order valence-electron chi connectivity index (χ1n) is 8.41. The molecular formula is C22H15NO2. The standard InChI is InChI=1S/C22H15NO2/c24-22-19(23-21(25-22)16-5-2-1-3-6-16)13-17-10-9-14-7-4-8-15-11-12-18(17)20(14)15/h1-10,13H,11-12H2. The van der Waals surface area contributed by atoms with E-state index in [2.05, 4.69) is 35.3 Å². The SMILES string of the molecule is O=C1OC(c2ccccc2)=NC1=Cc1ccc2cccc3c2c1CC3. The van der Waals surface area contributed by atoms with Crippen LogP contribution in [0.15, 0.2) is 71.4 Å². The van der Waals surface area contributed by atoms with E-state index in [1.165, 1.54) is 21.9 Å². The minimum Gasteiger partial charge on any atom is -0.402 e.